The molecule has 0 radical (unpaired) electrons. The molecule has 6 nitrogen and oxygen atoms in total. The molecule has 2 heterocycles. The van der Waals surface area contributed by atoms with E-state index in [1.807, 2.05) is 24.4 Å². The predicted molar refractivity (Wildman–Crippen MR) is 110 cm³/mol. The third kappa shape index (κ3) is 4.09. The van der Waals surface area contributed by atoms with Gasteiger partial charge in [-0.25, -0.2) is 4.98 Å². The Labute approximate surface area is 161 Å². The number of nitrogens with zero attached hydrogens (tertiary/aromatic N) is 3. The molecule has 0 spiro atoms. The highest BCUT2D eigenvalue weighted by atomic mass is 79.9. The fourth-order valence-corrected chi connectivity index (χ4v) is 3.33. The molecule has 0 saturated heterocycles. The zero-order valence-electron chi connectivity index (χ0n) is 15.1. The minimum absolute atomic E-state index is 0.287. The van der Waals surface area contributed by atoms with Crippen molar-refractivity contribution < 1.29 is 4.74 Å². The van der Waals surface area contributed by atoms with E-state index in [0.29, 0.717) is 6.54 Å². The lowest BCUT2D eigenvalue weighted by atomic mass is 10.2. The van der Waals surface area contributed by atoms with Crippen LogP contribution in [0.2, 0.25) is 0 Å². The molecule has 3 rings (SSSR count). The number of rotatable bonds is 8. The van der Waals surface area contributed by atoms with Crippen LogP contribution in [0.4, 0.5) is 11.8 Å². The number of hydrogen-bond acceptors (Lipinski definition) is 5. The monoisotopic (exact) mass is 417 g/mol. The van der Waals surface area contributed by atoms with Crippen molar-refractivity contribution >= 4 is 38.7 Å². The molecule has 0 aliphatic rings. The molecule has 0 unspecified atom stereocenters. The van der Waals surface area contributed by atoms with E-state index < -0.39 is 0 Å². The Morgan fingerprint density at radius 3 is 2.85 bits per heavy atom. The Hall–Kier alpha value is -2.28. The first-order chi connectivity index (χ1) is 12.6. The van der Waals surface area contributed by atoms with Crippen molar-refractivity contribution in [3.63, 3.8) is 0 Å². The van der Waals surface area contributed by atoms with Gasteiger partial charge in [0, 0.05) is 22.8 Å². The van der Waals surface area contributed by atoms with Gasteiger partial charge < -0.3 is 20.4 Å². The van der Waals surface area contributed by atoms with Crippen molar-refractivity contribution in [1.82, 2.24) is 14.5 Å². The van der Waals surface area contributed by atoms with E-state index in [9.17, 15) is 0 Å². The lowest BCUT2D eigenvalue weighted by Crippen LogP contribution is -2.09. The minimum Gasteiger partial charge on any atom is -0.496 e. The average Bonchev–Trinajstić information content (AvgIpc) is 3.02. The van der Waals surface area contributed by atoms with E-state index >= 15 is 0 Å². The summed E-state index contributed by atoms with van der Waals surface area (Å²) in [7, 11) is 1.68. The van der Waals surface area contributed by atoms with Crippen LogP contribution in [0.5, 0.6) is 5.75 Å². The number of unbranched alkanes of at least 4 members (excludes halogenated alkanes) is 2. The van der Waals surface area contributed by atoms with Gasteiger partial charge in [0.2, 0.25) is 5.95 Å². The van der Waals surface area contributed by atoms with Crippen LogP contribution in [0.15, 0.2) is 34.9 Å². The largest absolute Gasteiger partial charge is 0.496 e. The normalized spacial score (nSPS) is 11.0. The summed E-state index contributed by atoms with van der Waals surface area (Å²) in [4.78, 5) is 8.79. The lowest BCUT2D eigenvalue weighted by molar-refractivity contribution is 0.408. The Morgan fingerprint density at radius 2 is 2.08 bits per heavy atom. The molecule has 0 atom stereocenters. The van der Waals surface area contributed by atoms with Crippen molar-refractivity contribution in [1.29, 1.82) is 0 Å². The molecule has 0 aliphatic heterocycles. The maximum absolute atomic E-state index is 5.88. The summed E-state index contributed by atoms with van der Waals surface area (Å²) in [5.41, 5.74) is 8.77. The van der Waals surface area contributed by atoms with Gasteiger partial charge in [-0.1, -0.05) is 41.8 Å². The van der Waals surface area contributed by atoms with Crippen molar-refractivity contribution in [2.75, 3.05) is 24.7 Å². The first-order valence-electron chi connectivity index (χ1n) is 8.81. The van der Waals surface area contributed by atoms with Crippen LogP contribution in [0.1, 0.15) is 31.7 Å². The first-order valence-corrected chi connectivity index (χ1v) is 9.60. The van der Waals surface area contributed by atoms with Crippen LogP contribution in [0, 0.1) is 0 Å². The lowest BCUT2D eigenvalue weighted by Gasteiger charge is -2.13. The highest BCUT2D eigenvalue weighted by Crippen LogP contribution is 2.28. The standard InChI is InChI=1S/C19H24BrN5O/c1-3-4-5-9-22-18-17-15(23-19(21)24-18)8-10-25(17)12-13-6-7-14(20)11-16(13)26-2/h6-8,10-11H,3-5,9,12H2,1-2H3,(H3,21,22,23,24). The summed E-state index contributed by atoms with van der Waals surface area (Å²) in [5, 5.41) is 3.42. The molecule has 0 bridgehead atoms. The van der Waals surface area contributed by atoms with Gasteiger partial charge in [0.05, 0.1) is 19.2 Å². The number of fused-ring (bicyclic) bond motifs is 1. The topological polar surface area (TPSA) is 78.0 Å². The number of hydrogen-bond donors (Lipinski definition) is 2. The quantitative estimate of drug-likeness (QED) is 0.529. The van der Waals surface area contributed by atoms with Crippen molar-refractivity contribution in [2.45, 2.75) is 32.7 Å². The third-order valence-electron chi connectivity index (χ3n) is 4.29. The molecular formula is C19H24BrN5O. The van der Waals surface area contributed by atoms with Crippen molar-refractivity contribution in [2.24, 2.45) is 0 Å². The number of nitrogens with one attached hydrogen (secondary N) is 1. The number of halogens is 1. The van der Waals surface area contributed by atoms with E-state index in [0.717, 1.165) is 45.6 Å². The van der Waals surface area contributed by atoms with Gasteiger partial charge in [0.15, 0.2) is 5.82 Å². The number of nitrogen functional groups attached to an aromatic ring is 1. The molecule has 1 aromatic carbocycles. The highest BCUT2D eigenvalue weighted by Gasteiger charge is 2.13. The van der Waals surface area contributed by atoms with Crippen LogP contribution >= 0.6 is 15.9 Å². The van der Waals surface area contributed by atoms with E-state index in [-0.39, 0.29) is 5.95 Å². The number of nitrogens with two attached hydrogens (primary N) is 1. The SMILES string of the molecule is CCCCCNc1nc(N)nc2ccn(Cc3ccc(Br)cc3OC)c12. The van der Waals surface area contributed by atoms with Crippen LogP contribution in [0.25, 0.3) is 11.0 Å². The van der Waals surface area contributed by atoms with Gasteiger partial charge in [0.25, 0.3) is 0 Å². The molecule has 0 aliphatic carbocycles. The van der Waals surface area contributed by atoms with Crippen molar-refractivity contribution in [3.05, 3.63) is 40.5 Å². The van der Waals surface area contributed by atoms with E-state index in [1.165, 1.54) is 12.8 Å². The molecule has 2 aromatic heterocycles. The zero-order chi connectivity index (χ0) is 18.5. The molecular weight excluding hydrogens is 394 g/mol. The van der Waals surface area contributed by atoms with Gasteiger partial charge in [-0.15, -0.1) is 0 Å². The molecule has 3 aromatic rings. The van der Waals surface area contributed by atoms with Crippen molar-refractivity contribution in [3.8, 4) is 5.75 Å². The van der Waals surface area contributed by atoms with Crippen LogP contribution in [-0.2, 0) is 6.54 Å². The fourth-order valence-electron chi connectivity index (χ4n) is 2.99. The van der Waals surface area contributed by atoms with Gasteiger partial charge >= 0.3 is 0 Å². The Kier molecular flexibility index (Phi) is 5.98. The minimum atomic E-state index is 0.287. The number of benzene rings is 1. The van der Waals surface area contributed by atoms with Crippen LogP contribution in [0.3, 0.4) is 0 Å². The molecule has 0 saturated carbocycles. The Balaban J connectivity index is 1.94. The van der Waals surface area contributed by atoms with E-state index in [2.05, 4.69) is 48.8 Å². The predicted octanol–water partition coefficient (Wildman–Crippen LogP) is 4.44. The maximum Gasteiger partial charge on any atom is 0.222 e. The summed E-state index contributed by atoms with van der Waals surface area (Å²) in [6.45, 7) is 3.72. The highest BCUT2D eigenvalue weighted by molar-refractivity contribution is 9.10. The second-order valence-electron chi connectivity index (χ2n) is 6.20. The summed E-state index contributed by atoms with van der Waals surface area (Å²) < 4.78 is 8.64. The third-order valence-corrected chi connectivity index (χ3v) is 4.78. The van der Waals surface area contributed by atoms with E-state index in [4.69, 9.17) is 10.5 Å². The first kappa shape index (κ1) is 18.5. The summed E-state index contributed by atoms with van der Waals surface area (Å²) in [6.07, 6.45) is 5.48. The smallest absolute Gasteiger partial charge is 0.222 e. The van der Waals surface area contributed by atoms with Gasteiger partial charge in [-0.2, -0.15) is 4.98 Å². The molecule has 0 fully saturated rings. The Bertz CT molecular complexity index is 893. The number of ether oxygens (including phenoxy) is 1. The van der Waals surface area contributed by atoms with Gasteiger partial charge in [-0.05, 0) is 24.6 Å². The molecule has 26 heavy (non-hydrogen) atoms. The number of anilines is 2. The van der Waals surface area contributed by atoms with Crippen LogP contribution in [-0.4, -0.2) is 28.2 Å². The van der Waals surface area contributed by atoms with Gasteiger partial charge in [-0.3, -0.25) is 0 Å². The van der Waals surface area contributed by atoms with Gasteiger partial charge in [0.1, 0.15) is 11.3 Å². The summed E-state index contributed by atoms with van der Waals surface area (Å²) in [5.74, 6) is 1.91. The summed E-state index contributed by atoms with van der Waals surface area (Å²) in [6, 6.07) is 8.01. The second kappa shape index (κ2) is 8.40. The summed E-state index contributed by atoms with van der Waals surface area (Å²) >= 11 is 3.48. The molecule has 138 valence electrons. The zero-order valence-corrected chi connectivity index (χ0v) is 16.7. The molecule has 3 N–H and O–H groups in total. The molecule has 7 heteroatoms. The maximum atomic E-state index is 5.88. The average molecular weight is 418 g/mol. The fraction of sp³-hybridized carbons (Fsp3) is 0.368. The Morgan fingerprint density at radius 1 is 1.23 bits per heavy atom. The van der Waals surface area contributed by atoms with E-state index in [1.54, 1.807) is 7.11 Å². The molecule has 0 amide bonds. The number of methoxy groups -OCH3 is 1. The number of aromatic nitrogens is 3. The second-order valence-corrected chi connectivity index (χ2v) is 7.11. The van der Waals surface area contributed by atoms with Crippen LogP contribution < -0.4 is 15.8 Å².